The molecule has 0 spiro atoms. The van der Waals surface area contributed by atoms with Gasteiger partial charge in [0.05, 0.1) is 7.11 Å². The van der Waals surface area contributed by atoms with E-state index in [0.717, 1.165) is 5.56 Å². The van der Waals surface area contributed by atoms with E-state index >= 15 is 0 Å². The maximum atomic E-state index is 11.5. The van der Waals surface area contributed by atoms with Crippen molar-refractivity contribution in [2.45, 2.75) is 0 Å². The quantitative estimate of drug-likeness (QED) is 0.770. The van der Waals surface area contributed by atoms with Crippen molar-refractivity contribution in [3.63, 3.8) is 0 Å². The molecule has 2 rings (SSSR count). The molecule has 1 N–H and O–H groups in total. The molecule has 0 amide bonds. The zero-order valence-electron chi connectivity index (χ0n) is 8.51. The van der Waals surface area contributed by atoms with Crippen LogP contribution in [0.3, 0.4) is 0 Å². The Bertz CT molecular complexity index is 559. The zero-order valence-corrected chi connectivity index (χ0v) is 9.32. The Morgan fingerprint density at radius 1 is 1.44 bits per heavy atom. The van der Waals surface area contributed by atoms with Crippen molar-refractivity contribution in [2.75, 3.05) is 7.11 Å². The third kappa shape index (κ3) is 1.74. The van der Waals surface area contributed by atoms with E-state index in [-0.39, 0.29) is 4.77 Å². The first-order valence-electron chi connectivity index (χ1n) is 4.55. The van der Waals surface area contributed by atoms with Crippen molar-refractivity contribution in [1.29, 1.82) is 0 Å². The van der Waals surface area contributed by atoms with Gasteiger partial charge < -0.3 is 4.74 Å². The van der Waals surface area contributed by atoms with Gasteiger partial charge in [-0.25, -0.2) is 9.36 Å². The number of hydrogen-bond donors (Lipinski definition) is 1. The number of methoxy groups -OCH3 is 1. The van der Waals surface area contributed by atoms with E-state index in [0.29, 0.717) is 5.82 Å². The standard InChI is InChI=1S/C10H9N3O2S/c1-15-10(14)13-8(11-12-9(13)16)7-5-3-2-4-6-7/h2-6H,1H3,(H,12,16). The van der Waals surface area contributed by atoms with Crippen molar-refractivity contribution in [1.82, 2.24) is 14.8 Å². The van der Waals surface area contributed by atoms with Crippen molar-refractivity contribution in [2.24, 2.45) is 0 Å². The second-order valence-corrected chi connectivity index (χ2v) is 3.41. The van der Waals surface area contributed by atoms with E-state index in [4.69, 9.17) is 12.2 Å². The van der Waals surface area contributed by atoms with Crippen LogP contribution in [0, 0.1) is 4.77 Å². The minimum Gasteiger partial charge on any atom is -0.452 e. The summed E-state index contributed by atoms with van der Waals surface area (Å²) in [4.78, 5) is 11.5. The fourth-order valence-electron chi connectivity index (χ4n) is 1.34. The smallest absolute Gasteiger partial charge is 0.421 e. The lowest BCUT2D eigenvalue weighted by molar-refractivity contribution is 0.173. The molecule has 0 saturated heterocycles. The highest BCUT2D eigenvalue weighted by Crippen LogP contribution is 2.16. The van der Waals surface area contributed by atoms with Gasteiger partial charge in [0, 0.05) is 5.56 Å². The average molecular weight is 235 g/mol. The van der Waals surface area contributed by atoms with Gasteiger partial charge in [-0.2, -0.15) is 5.10 Å². The van der Waals surface area contributed by atoms with Crippen molar-refractivity contribution in [3.8, 4) is 11.4 Å². The number of H-pyrrole nitrogens is 1. The highest BCUT2D eigenvalue weighted by molar-refractivity contribution is 7.71. The van der Waals surface area contributed by atoms with E-state index in [1.54, 1.807) is 0 Å². The van der Waals surface area contributed by atoms with Gasteiger partial charge in [0.2, 0.25) is 4.77 Å². The monoisotopic (exact) mass is 235 g/mol. The molecule has 1 heterocycles. The Kier molecular flexibility index (Phi) is 2.82. The first kappa shape index (κ1) is 10.6. The molecule has 0 radical (unpaired) electrons. The van der Waals surface area contributed by atoms with E-state index in [1.807, 2.05) is 30.3 Å². The minimum atomic E-state index is -0.558. The molecule has 0 atom stereocenters. The van der Waals surface area contributed by atoms with E-state index in [9.17, 15) is 4.79 Å². The molecule has 82 valence electrons. The molecular formula is C10H9N3O2S. The Balaban J connectivity index is 2.59. The molecular weight excluding hydrogens is 226 g/mol. The predicted molar refractivity (Wildman–Crippen MR) is 60.7 cm³/mol. The Morgan fingerprint density at radius 2 is 2.12 bits per heavy atom. The van der Waals surface area contributed by atoms with Crippen molar-refractivity contribution in [3.05, 3.63) is 35.1 Å². The molecule has 0 aliphatic rings. The number of aromatic nitrogens is 3. The number of rotatable bonds is 1. The summed E-state index contributed by atoms with van der Waals surface area (Å²) in [6, 6.07) is 9.27. The first-order valence-corrected chi connectivity index (χ1v) is 4.96. The summed E-state index contributed by atoms with van der Waals surface area (Å²) in [5.41, 5.74) is 0.792. The second-order valence-electron chi connectivity index (χ2n) is 3.02. The third-order valence-electron chi connectivity index (χ3n) is 2.06. The summed E-state index contributed by atoms with van der Waals surface area (Å²) >= 11 is 4.96. The molecule has 6 heteroatoms. The van der Waals surface area contributed by atoms with E-state index < -0.39 is 6.09 Å². The van der Waals surface area contributed by atoms with Crippen LogP contribution in [0.4, 0.5) is 4.79 Å². The SMILES string of the molecule is COC(=O)n1c(-c2ccccc2)n[nH]c1=S. The largest absolute Gasteiger partial charge is 0.452 e. The van der Waals surface area contributed by atoms with Gasteiger partial charge in [-0.05, 0) is 12.2 Å². The summed E-state index contributed by atoms with van der Waals surface area (Å²) in [7, 11) is 1.30. The van der Waals surface area contributed by atoms with Gasteiger partial charge in [0.1, 0.15) is 0 Å². The molecule has 0 fully saturated rings. The maximum Gasteiger partial charge on any atom is 0.421 e. The van der Waals surface area contributed by atoms with Crippen molar-refractivity contribution >= 4 is 18.3 Å². The second kappa shape index (κ2) is 4.28. The van der Waals surface area contributed by atoms with Crippen LogP contribution in [0.1, 0.15) is 0 Å². The van der Waals surface area contributed by atoms with Gasteiger partial charge in [-0.15, -0.1) is 0 Å². The summed E-state index contributed by atoms with van der Waals surface area (Å²) in [5.74, 6) is 0.442. The lowest BCUT2D eigenvalue weighted by atomic mass is 10.2. The molecule has 2 aromatic rings. The summed E-state index contributed by atoms with van der Waals surface area (Å²) in [6.07, 6.45) is -0.558. The molecule has 0 saturated carbocycles. The number of hydrogen-bond acceptors (Lipinski definition) is 4. The van der Waals surface area contributed by atoms with Crippen LogP contribution in [0.25, 0.3) is 11.4 Å². The first-order chi connectivity index (χ1) is 7.74. The van der Waals surface area contributed by atoms with Gasteiger partial charge >= 0.3 is 6.09 Å². The van der Waals surface area contributed by atoms with E-state index in [2.05, 4.69) is 14.9 Å². The maximum absolute atomic E-state index is 11.5. The number of aromatic amines is 1. The third-order valence-corrected chi connectivity index (χ3v) is 2.34. The minimum absolute atomic E-state index is 0.214. The topological polar surface area (TPSA) is 59.9 Å². The van der Waals surface area contributed by atoms with Crippen LogP contribution >= 0.6 is 12.2 Å². The number of ether oxygens (including phenoxy) is 1. The summed E-state index contributed by atoms with van der Waals surface area (Å²) in [5, 5.41) is 6.57. The fraction of sp³-hybridized carbons (Fsp3) is 0.100. The summed E-state index contributed by atoms with van der Waals surface area (Å²) < 4.78 is 6.06. The van der Waals surface area contributed by atoms with Gasteiger partial charge in [0.15, 0.2) is 5.82 Å². The van der Waals surface area contributed by atoms with Crippen LogP contribution in [0.2, 0.25) is 0 Å². The average Bonchev–Trinajstić information content (AvgIpc) is 2.71. The highest BCUT2D eigenvalue weighted by Gasteiger charge is 2.14. The molecule has 1 aromatic carbocycles. The Morgan fingerprint density at radius 3 is 2.75 bits per heavy atom. The number of carbonyl (C=O) groups excluding carboxylic acids is 1. The van der Waals surface area contributed by atoms with Crippen LogP contribution < -0.4 is 0 Å². The molecule has 1 aromatic heterocycles. The fourth-order valence-corrected chi connectivity index (χ4v) is 1.55. The van der Waals surface area contributed by atoms with E-state index in [1.165, 1.54) is 11.7 Å². The molecule has 5 nitrogen and oxygen atoms in total. The Hall–Kier alpha value is -1.95. The summed E-state index contributed by atoms with van der Waals surface area (Å²) in [6.45, 7) is 0. The van der Waals surface area contributed by atoms with Crippen LogP contribution in [-0.4, -0.2) is 28.0 Å². The highest BCUT2D eigenvalue weighted by atomic mass is 32.1. The van der Waals surface area contributed by atoms with Crippen LogP contribution in [0.5, 0.6) is 0 Å². The number of benzene rings is 1. The number of nitrogens with one attached hydrogen (secondary N) is 1. The van der Waals surface area contributed by atoms with Crippen molar-refractivity contribution < 1.29 is 9.53 Å². The number of nitrogens with zero attached hydrogens (tertiary/aromatic N) is 2. The lowest BCUT2D eigenvalue weighted by Crippen LogP contribution is -2.12. The molecule has 0 aliphatic carbocycles. The number of carbonyl (C=O) groups is 1. The normalized spacial score (nSPS) is 10.1. The van der Waals surface area contributed by atoms with Crippen LogP contribution in [0.15, 0.2) is 30.3 Å². The predicted octanol–water partition coefficient (Wildman–Crippen LogP) is 2.22. The molecule has 0 aliphatic heterocycles. The molecule has 16 heavy (non-hydrogen) atoms. The molecule has 0 bridgehead atoms. The zero-order chi connectivity index (χ0) is 11.5. The van der Waals surface area contributed by atoms with Gasteiger partial charge in [0.25, 0.3) is 0 Å². The van der Waals surface area contributed by atoms with Crippen LogP contribution in [-0.2, 0) is 4.74 Å². The lowest BCUT2D eigenvalue weighted by Gasteiger charge is -2.03. The van der Waals surface area contributed by atoms with Gasteiger partial charge in [-0.1, -0.05) is 30.3 Å². The van der Waals surface area contributed by atoms with Gasteiger partial charge in [-0.3, -0.25) is 5.10 Å². The molecule has 0 unspecified atom stereocenters. The Labute approximate surface area is 96.7 Å².